The van der Waals surface area contributed by atoms with Crippen molar-refractivity contribution < 1.29 is 9.47 Å². The van der Waals surface area contributed by atoms with Crippen LogP contribution in [-0.4, -0.2) is 14.2 Å². The third kappa shape index (κ3) is 5.50. The molecule has 0 atom stereocenters. The van der Waals surface area contributed by atoms with E-state index in [1.54, 1.807) is 14.2 Å². The molecule has 0 saturated heterocycles. The smallest absolute Gasteiger partial charge is 0.127 e. The first-order chi connectivity index (χ1) is 22.9. The molecule has 0 heterocycles. The van der Waals surface area contributed by atoms with Gasteiger partial charge < -0.3 is 9.47 Å². The van der Waals surface area contributed by atoms with Gasteiger partial charge in [0.2, 0.25) is 0 Å². The van der Waals surface area contributed by atoms with Crippen molar-refractivity contribution in [1.29, 1.82) is 0 Å². The largest absolute Gasteiger partial charge is 0.496 e. The van der Waals surface area contributed by atoms with Gasteiger partial charge >= 0.3 is 0 Å². The van der Waals surface area contributed by atoms with Crippen LogP contribution in [0, 0.1) is 0 Å². The zero-order valence-electron chi connectivity index (χ0n) is 29.6. The Hall–Kier alpha value is -5.08. The Morgan fingerprint density at radius 1 is 0.479 bits per heavy atom. The molecular weight excluding hydrogens is 585 g/mol. The number of hydrogen-bond donors (Lipinski definition) is 0. The summed E-state index contributed by atoms with van der Waals surface area (Å²) in [5.41, 5.74) is 10.9. The van der Waals surface area contributed by atoms with E-state index in [2.05, 4.69) is 152 Å². The van der Waals surface area contributed by atoms with Gasteiger partial charge in [0.05, 0.1) is 14.2 Å². The molecule has 6 aromatic rings. The molecule has 0 unspecified atom stereocenters. The van der Waals surface area contributed by atoms with Crippen LogP contribution in [0.5, 0.6) is 11.5 Å². The fourth-order valence-electron chi connectivity index (χ4n) is 7.31. The predicted molar refractivity (Wildman–Crippen MR) is 208 cm³/mol. The zero-order chi connectivity index (χ0) is 34.4. The Morgan fingerprint density at radius 3 is 1.19 bits per heavy atom. The van der Waals surface area contributed by atoms with E-state index in [4.69, 9.17) is 9.47 Å². The monoisotopic (exact) mass is 630 g/mol. The molecule has 0 aliphatic heterocycles. The first-order valence-electron chi connectivity index (χ1n) is 16.7. The lowest BCUT2D eigenvalue weighted by molar-refractivity contribution is 0.414. The van der Waals surface area contributed by atoms with E-state index in [1.165, 1.54) is 11.1 Å². The Balaban J connectivity index is 1.88. The van der Waals surface area contributed by atoms with Crippen molar-refractivity contribution in [2.75, 3.05) is 14.2 Å². The second-order valence-electron chi connectivity index (χ2n) is 14.5. The first-order valence-corrected chi connectivity index (χ1v) is 16.7. The predicted octanol–water partition coefficient (Wildman–Crippen LogP) is 12.9. The van der Waals surface area contributed by atoms with Gasteiger partial charge in [-0.05, 0) is 101 Å². The third-order valence-electron chi connectivity index (χ3n) is 9.48. The Kier molecular flexibility index (Phi) is 8.56. The summed E-state index contributed by atoms with van der Waals surface area (Å²) in [6.45, 7) is 22.5. The topological polar surface area (TPSA) is 18.5 Å². The summed E-state index contributed by atoms with van der Waals surface area (Å²) in [6, 6.07) is 34.7. The van der Waals surface area contributed by atoms with Crippen molar-refractivity contribution >= 4 is 33.7 Å². The molecule has 6 aromatic carbocycles. The van der Waals surface area contributed by atoms with Crippen LogP contribution in [0.3, 0.4) is 0 Å². The van der Waals surface area contributed by atoms with Crippen molar-refractivity contribution in [2.24, 2.45) is 0 Å². The fraction of sp³-hybridized carbons (Fsp3) is 0.217. The molecule has 2 nitrogen and oxygen atoms in total. The number of methoxy groups -OCH3 is 2. The highest BCUT2D eigenvalue weighted by molar-refractivity contribution is 6.15. The minimum Gasteiger partial charge on any atom is -0.496 e. The van der Waals surface area contributed by atoms with E-state index in [-0.39, 0.29) is 10.8 Å². The number of hydrogen-bond acceptors (Lipinski definition) is 2. The van der Waals surface area contributed by atoms with Crippen LogP contribution >= 0.6 is 0 Å². The summed E-state index contributed by atoms with van der Waals surface area (Å²) in [6.07, 6.45) is 4.04. The number of ether oxygens (including phenoxy) is 2. The van der Waals surface area contributed by atoms with Gasteiger partial charge in [-0.15, -0.1) is 0 Å². The van der Waals surface area contributed by atoms with Gasteiger partial charge in [0.15, 0.2) is 0 Å². The van der Waals surface area contributed by atoms with Crippen molar-refractivity contribution in [3.8, 4) is 44.9 Å². The molecule has 0 saturated carbocycles. The van der Waals surface area contributed by atoms with Crippen LogP contribution in [0.4, 0.5) is 0 Å². The lowest BCUT2D eigenvalue weighted by atomic mass is 9.76. The molecule has 0 amide bonds. The van der Waals surface area contributed by atoms with Crippen LogP contribution in [0.15, 0.2) is 110 Å². The average Bonchev–Trinajstić information content (AvgIpc) is 3.08. The summed E-state index contributed by atoms with van der Waals surface area (Å²) < 4.78 is 12.2. The first kappa shape index (κ1) is 32.8. The molecule has 242 valence electrons. The molecule has 0 spiro atoms. The summed E-state index contributed by atoms with van der Waals surface area (Å²) in [5, 5.41) is 4.61. The second-order valence-corrected chi connectivity index (χ2v) is 14.5. The molecule has 0 aliphatic carbocycles. The summed E-state index contributed by atoms with van der Waals surface area (Å²) in [4.78, 5) is 0. The maximum Gasteiger partial charge on any atom is 0.127 e. The van der Waals surface area contributed by atoms with E-state index in [0.717, 1.165) is 77.6 Å². The van der Waals surface area contributed by atoms with Gasteiger partial charge in [0, 0.05) is 11.1 Å². The lowest BCUT2D eigenvalue weighted by Gasteiger charge is -2.28. The number of benzene rings is 6. The van der Waals surface area contributed by atoms with E-state index >= 15 is 0 Å². The molecule has 0 fully saturated rings. The van der Waals surface area contributed by atoms with E-state index < -0.39 is 0 Å². The maximum atomic E-state index is 6.09. The molecule has 6 rings (SSSR count). The molecule has 0 aromatic heterocycles. The Labute approximate surface area is 286 Å². The average molecular weight is 631 g/mol. The molecule has 0 aliphatic rings. The summed E-state index contributed by atoms with van der Waals surface area (Å²) in [7, 11) is 3.52. The second kappa shape index (κ2) is 12.5. The van der Waals surface area contributed by atoms with Crippen LogP contribution in [-0.2, 0) is 10.8 Å². The summed E-state index contributed by atoms with van der Waals surface area (Å²) >= 11 is 0. The molecule has 0 radical (unpaired) electrons. The minimum absolute atomic E-state index is 0.125. The number of fused-ring (bicyclic) bond motifs is 2. The highest BCUT2D eigenvalue weighted by Gasteiger charge is 2.29. The van der Waals surface area contributed by atoms with Crippen molar-refractivity contribution in [2.45, 2.75) is 52.4 Å². The van der Waals surface area contributed by atoms with Crippen molar-refractivity contribution in [1.82, 2.24) is 0 Å². The van der Waals surface area contributed by atoms with Gasteiger partial charge in [0.1, 0.15) is 11.5 Å². The standard InChI is InChI=1S/C46H46O2/c1-11-31-35(43-37(45(3,4)5)23-17-25-39(43)47-9)27-29-19-13-15-21-33(29)41(31)42-32(12-2)36(28-30-20-14-16-22-34(30)42)44-38(46(6,7)8)24-18-26-40(44)48-10/h11-28H,1-2H2,3-10H3. The minimum atomic E-state index is -0.125. The van der Waals surface area contributed by atoms with Gasteiger partial charge in [-0.2, -0.15) is 0 Å². The Bertz CT molecular complexity index is 2040. The summed E-state index contributed by atoms with van der Waals surface area (Å²) in [5.74, 6) is 1.69. The highest BCUT2D eigenvalue weighted by Crippen LogP contribution is 2.51. The van der Waals surface area contributed by atoms with Crippen molar-refractivity contribution in [3.05, 3.63) is 132 Å². The zero-order valence-corrected chi connectivity index (χ0v) is 29.6. The molecular formula is C46H46O2. The third-order valence-corrected chi connectivity index (χ3v) is 9.48. The van der Waals surface area contributed by atoms with E-state index in [0.29, 0.717) is 0 Å². The van der Waals surface area contributed by atoms with Gasteiger partial charge in [-0.1, -0.05) is 140 Å². The normalized spacial score (nSPS) is 11.9. The number of rotatable bonds is 7. The maximum absolute atomic E-state index is 6.09. The molecule has 0 N–H and O–H groups in total. The quantitative estimate of drug-likeness (QED) is 0.175. The highest BCUT2D eigenvalue weighted by atomic mass is 16.5. The molecule has 0 bridgehead atoms. The van der Waals surface area contributed by atoms with E-state index in [9.17, 15) is 0 Å². The van der Waals surface area contributed by atoms with Crippen LogP contribution in [0.1, 0.15) is 63.8 Å². The van der Waals surface area contributed by atoms with Gasteiger partial charge in [0.25, 0.3) is 0 Å². The fourth-order valence-corrected chi connectivity index (χ4v) is 7.31. The van der Waals surface area contributed by atoms with Crippen molar-refractivity contribution in [3.63, 3.8) is 0 Å². The van der Waals surface area contributed by atoms with Crippen LogP contribution in [0.25, 0.3) is 67.1 Å². The Morgan fingerprint density at radius 2 is 0.854 bits per heavy atom. The van der Waals surface area contributed by atoms with Gasteiger partial charge in [-0.25, -0.2) is 0 Å². The molecule has 2 heteroatoms. The van der Waals surface area contributed by atoms with Crippen LogP contribution in [0.2, 0.25) is 0 Å². The van der Waals surface area contributed by atoms with Gasteiger partial charge in [-0.3, -0.25) is 0 Å². The van der Waals surface area contributed by atoms with Crippen LogP contribution < -0.4 is 9.47 Å². The molecule has 48 heavy (non-hydrogen) atoms. The van der Waals surface area contributed by atoms with E-state index in [1.807, 2.05) is 12.2 Å². The SMILES string of the molecule is C=Cc1c(-c2c(OC)cccc2C(C)(C)C)cc2ccccc2c1-c1c(C=C)c(-c2c(OC)cccc2C(C)(C)C)cc2ccccc12. The lowest BCUT2D eigenvalue weighted by Crippen LogP contribution is -2.14.